The molecule has 0 aliphatic heterocycles. The molecular formula is C57H35N5S. The van der Waals surface area contributed by atoms with E-state index in [9.17, 15) is 0 Å². The van der Waals surface area contributed by atoms with Gasteiger partial charge in [0.25, 0.3) is 0 Å². The maximum atomic E-state index is 5.51. The van der Waals surface area contributed by atoms with E-state index in [1.54, 1.807) is 11.3 Å². The normalized spacial score (nSPS) is 11.8. The molecule has 294 valence electrons. The van der Waals surface area contributed by atoms with Crippen molar-refractivity contribution in [2.24, 2.45) is 0 Å². The van der Waals surface area contributed by atoms with Gasteiger partial charge in [-0.25, -0.2) is 4.98 Å². The Morgan fingerprint density at radius 3 is 1.65 bits per heavy atom. The molecule has 4 heterocycles. The van der Waals surface area contributed by atoms with Gasteiger partial charge in [0.05, 0.1) is 27.8 Å². The first kappa shape index (κ1) is 35.6. The van der Waals surface area contributed by atoms with Crippen LogP contribution in [-0.4, -0.2) is 24.1 Å². The van der Waals surface area contributed by atoms with Gasteiger partial charge in [0.1, 0.15) is 0 Å². The topological polar surface area (TPSA) is 48.5 Å². The van der Waals surface area contributed by atoms with Crippen molar-refractivity contribution in [2.75, 3.05) is 0 Å². The maximum absolute atomic E-state index is 5.51. The van der Waals surface area contributed by atoms with Crippen LogP contribution < -0.4 is 0 Å². The molecule has 13 rings (SSSR count). The molecule has 5 nitrogen and oxygen atoms in total. The lowest BCUT2D eigenvalue weighted by atomic mass is 9.98. The van der Waals surface area contributed by atoms with Crippen molar-refractivity contribution in [1.29, 1.82) is 0 Å². The minimum Gasteiger partial charge on any atom is -0.307 e. The molecule has 13 aromatic rings. The van der Waals surface area contributed by atoms with Crippen LogP contribution in [-0.2, 0) is 0 Å². The molecule has 4 aromatic heterocycles. The number of aromatic nitrogens is 5. The fourth-order valence-corrected chi connectivity index (χ4v) is 10.8. The number of rotatable bonds is 6. The highest BCUT2D eigenvalue weighted by atomic mass is 32.1. The largest absolute Gasteiger partial charge is 0.307 e. The number of benzene rings is 9. The Labute approximate surface area is 366 Å². The number of nitrogens with zero attached hydrogens (tertiary/aromatic N) is 5. The van der Waals surface area contributed by atoms with Gasteiger partial charge in [-0.15, -0.1) is 11.3 Å². The Morgan fingerprint density at radius 2 is 0.873 bits per heavy atom. The second-order valence-corrected chi connectivity index (χ2v) is 17.0. The summed E-state index contributed by atoms with van der Waals surface area (Å²) in [6.45, 7) is 0. The number of para-hydroxylation sites is 3. The van der Waals surface area contributed by atoms with E-state index in [0.29, 0.717) is 17.6 Å². The molecule has 0 spiro atoms. The fraction of sp³-hybridized carbons (Fsp3) is 0. The van der Waals surface area contributed by atoms with Crippen molar-refractivity contribution in [3.63, 3.8) is 0 Å². The van der Waals surface area contributed by atoms with Gasteiger partial charge >= 0.3 is 0 Å². The molecule has 63 heavy (non-hydrogen) atoms. The maximum Gasteiger partial charge on any atom is 0.238 e. The second kappa shape index (κ2) is 14.2. The van der Waals surface area contributed by atoms with Gasteiger partial charge in [0, 0.05) is 58.4 Å². The van der Waals surface area contributed by atoms with E-state index in [1.165, 1.54) is 31.3 Å². The van der Waals surface area contributed by atoms with Crippen LogP contribution in [0.1, 0.15) is 0 Å². The highest BCUT2D eigenvalue weighted by Crippen LogP contribution is 2.44. The van der Waals surface area contributed by atoms with Crippen molar-refractivity contribution in [2.45, 2.75) is 0 Å². The summed E-state index contributed by atoms with van der Waals surface area (Å²) in [5, 5.41) is 6.95. The lowest BCUT2D eigenvalue weighted by Gasteiger charge is -2.16. The number of fused-ring (bicyclic) bond motifs is 10. The quantitative estimate of drug-likeness (QED) is 0.168. The van der Waals surface area contributed by atoms with Crippen LogP contribution in [0, 0.1) is 0 Å². The lowest BCUT2D eigenvalue weighted by Crippen LogP contribution is -2.07. The van der Waals surface area contributed by atoms with Crippen molar-refractivity contribution in [3.8, 4) is 56.7 Å². The van der Waals surface area contributed by atoms with E-state index in [-0.39, 0.29) is 0 Å². The molecule has 6 heteroatoms. The van der Waals surface area contributed by atoms with Gasteiger partial charge in [-0.2, -0.15) is 9.97 Å². The molecule has 0 fully saturated rings. The zero-order valence-corrected chi connectivity index (χ0v) is 34.7. The molecule has 0 aliphatic rings. The standard InChI is InChI=1S/C57H35N5S/c1-3-17-36(18-4-1)38-21-15-22-39(35-38)40-23-7-11-28-47(40)61-48-29-12-8-24-41(48)43-33-34-44-42-25-9-13-30-49(42)62(54(44)53(43)61)57-59-55(37-19-5-2-6-20-37)58-56(60-57)46-27-16-32-51-52(46)45-26-10-14-31-50(45)63-51/h1-35H. The lowest BCUT2D eigenvalue weighted by molar-refractivity contribution is 0.954. The minimum atomic E-state index is 0.565. The van der Waals surface area contributed by atoms with Crippen molar-refractivity contribution in [3.05, 3.63) is 212 Å². The van der Waals surface area contributed by atoms with E-state index in [2.05, 4.69) is 203 Å². The Morgan fingerprint density at radius 1 is 0.333 bits per heavy atom. The summed E-state index contributed by atoms with van der Waals surface area (Å²) in [6, 6.07) is 75.6. The van der Waals surface area contributed by atoms with Crippen molar-refractivity contribution < 1.29 is 0 Å². The Hall–Kier alpha value is -8.19. The molecule has 0 amide bonds. The first-order chi connectivity index (χ1) is 31.3. The minimum absolute atomic E-state index is 0.565. The van der Waals surface area contributed by atoms with Gasteiger partial charge in [-0.05, 0) is 53.1 Å². The van der Waals surface area contributed by atoms with Crippen molar-refractivity contribution in [1.82, 2.24) is 24.1 Å². The second-order valence-electron chi connectivity index (χ2n) is 16.0. The summed E-state index contributed by atoms with van der Waals surface area (Å²) in [6.07, 6.45) is 0. The summed E-state index contributed by atoms with van der Waals surface area (Å²) in [5.41, 5.74) is 11.9. The highest BCUT2D eigenvalue weighted by Gasteiger charge is 2.25. The molecule has 9 aromatic carbocycles. The first-order valence-corrected chi connectivity index (χ1v) is 22.0. The van der Waals surface area contributed by atoms with Gasteiger partial charge in [0.15, 0.2) is 11.6 Å². The van der Waals surface area contributed by atoms with Crippen LogP contribution in [0.25, 0.3) is 120 Å². The van der Waals surface area contributed by atoms with Crippen LogP contribution in [0.3, 0.4) is 0 Å². The van der Waals surface area contributed by atoms with Crippen molar-refractivity contribution >= 4 is 75.1 Å². The molecule has 0 N–H and O–H groups in total. The zero-order chi connectivity index (χ0) is 41.4. The molecule has 0 bridgehead atoms. The zero-order valence-electron chi connectivity index (χ0n) is 33.9. The summed E-state index contributed by atoms with van der Waals surface area (Å²) in [5.74, 6) is 1.82. The van der Waals surface area contributed by atoms with E-state index in [4.69, 9.17) is 15.0 Å². The smallest absolute Gasteiger partial charge is 0.238 e. The van der Waals surface area contributed by atoms with Gasteiger partial charge in [0.2, 0.25) is 5.95 Å². The monoisotopic (exact) mass is 821 g/mol. The summed E-state index contributed by atoms with van der Waals surface area (Å²) >= 11 is 1.80. The van der Waals surface area contributed by atoms with E-state index in [1.807, 2.05) is 18.2 Å². The third-order valence-electron chi connectivity index (χ3n) is 12.4. The SMILES string of the molecule is c1ccc(-c2cccc(-c3ccccc3-n3c4ccccc4c4ccc5c6ccccc6n(-c6nc(-c7ccccc7)nc(-c7cccc8sc9ccccc9c78)n6)c5c43)c2)cc1. The van der Waals surface area contributed by atoms with Crippen LogP contribution in [0.15, 0.2) is 212 Å². The predicted octanol–water partition coefficient (Wildman–Crippen LogP) is 15.1. The Kier molecular flexibility index (Phi) is 8.01. The molecule has 0 atom stereocenters. The van der Waals surface area contributed by atoms with E-state index >= 15 is 0 Å². The molecule has 0 unspecified atom stereocenters. The third-order valence-corrected chi connectivity index (χ3v) is 13.5. The molecule has 0 saturated carbocycles. The average Bonchev–Trinajstić information content (AvgIpc) is 4.02. The first-order valence-electron chi connectivity index (χ1n) is 21.2. The number of thiophene rings is 1. The van der Waals surface area contributed by atoms with Gasteiger partial charge in [-0.3, -0.25) is 4.57 Å². The summed E-state index contributed by atoms with van der Waals surface area (Å²) in [4.78, 5) is 16.2. The van der Waals surface area contributed by atoms with Crippen LogP contribution in [0.5, 0.6) is 0 Å². The van der Waals surface area contributed by atoms with Crippen LogP contribution >= 0.6 is 11.3 Å². The highest BCUT2D eigenvalue weighted by molar-refractivity contribution is 7.25. The Balaban J connectivity index is 1.15. The van der Waals surface area contributed by atoms with Gasteiger partial charge < -0.3 is 4.57 Å². The summed E-state index contributed by atoms with van der Waals surface area (Å²) in [7, 11) is 0. The van der Waals surface area contributed by atoms with Gasteiger partial charge in [-0.1, -0.05) is 176 Å². The van der Waals surface area contributed by atoms with Crippen LogP contribution in [0.2, 0.25) is 0 Å². The van der Waals surface area contributed by atoms with Crippen LogP contribution in [0.4, 0.5) is 0 Å². The fourth-order valence-electron chi connectivity index (χ4n) is 9.63. The predicted molar refractivity (Wildman–Crippen MR) is 263 cm³/mol. The summed E-state index contributed by atoms with van der Waals surface area (Å²) < 4.78 is 7.19. The molecule has 0 saturated heterocycles. The van der Waals surface area contributed by atoms with E-state index in [0.717, 1.165) is 71.6 Å². The molecule has 0 radical (unpaired) electrons. The number of hydrogen-bond acceptors (Lipinski definition) is 4. The third kappa shape index (κ3) is 5.59. The molecular weight excluding hydrogens is 787 g/mol. The van der Waals surface area contributed by atoms with E-state index < -0.39 is 0 Å². The average molecular weight is 822 g/mol. The Bertz CT molecular complexity index is 3920. The number of hydrogen-bond donors (Lipinski definition) is 0. The molecule has 0 aliphatic carbocycles.